The lowest BCUT2D eigenvalue weighted by molar-refractivity contribution is 0.132. The molecule has 0 spiro atoms. The molecule has 3 aromatic rings. The molecule has 1 fully saturated rings. The van der Waals surface area contributed by atoms with E-state index in [2.05, 4.69) is 42.0 Å². The zero-order valence-corrected chi connectivity index (χ0v) is 17.1. The number of benzene rings is 1. The van der Waals surface area contributed by atoms with E-state index in [1.165, 1.54) is 21.4 Å². The fraction of sp³-hybridized carbons (Fsp3) is 0.391. The molecule has 0 unspecified atom stereocenters. The maximum atomic E-state index is 11.2. The van der Waals surface area contributed by atoms with Crippen LogP contribution in [0.15, 0.2) is 36.5 Å². The number of nitrogens with one attached hydrogen (secondary N) is 1. The van der Waals surface area contributed by atoms with Crippen molar-refractivity contribution in [2.75, 3.05) is 20.2 Å². The number of likely N-dealkylation sites (tertiary alicyclic amines) is 1. The molecule has 0 atom stereocenters. The number of carbonyl (C=O) groups is 1. The van der Waals surface area contributed by atoms with Crippen LogP contribution < -0.4 is 4.74 Å². The summed E-state index contributed by atoms with van der Waals surface area (Å²) in [7, 11) is 1.63. The van der Waals surface area contributed by atoms with E-state index >= 15 is 0 Å². The zero-order chi connectivity index (χ0) is 20.5. The van der Waals surface area contributed by atoms with E-state index in [1.807, 2.05) is 12.1 Å². The zero-order valence-electron chi connectivity index (χ0n) is 17.1. The van der Waals surface area contributed by atoms with Crippen LogP contribution in [-0.4, -0.2) is 46.3 Å². The number of carboxylic acid groups (broad SMARTS) is 1. The van der Waals surface area contributed by atoms with Gasteiger partial charge in [-0.15, -0.1) is 0 Å². The quantitative estimate of drug-likeness (QED) is 0.637. The molecule has 6 heteroatoms. The lowest BCUT2D eigenvalue weighted by Gasteiger charge is -2.30. The SMILES string of the molecule is COc1cc(-c2[nH]c3ccc(C4CCN(C(=O)O)CC4)cc3c2C(C)C)ccn1. The summed E-state index contributed by atoms with van der Waals surface area (Å²) in [6.07, 6.45) is 2.69. The predicted octanol–water partition coefficient (Wildman–Crippen LogP) is 5.22. The number of piperidine rings is 1. The predicted molar refractivity (Wildman–Crippen MR) is 114 cm³/mol. The van der Waals surface area contributed by atoms with Gasteiger partial charge in [0.1, 0.15) is 0 Å². The Labute approximate surface area is 170 Å². The van der Waals surface area contributed by atoms with Gasteiger partial charge in [0.15, 0.2) is 0 Å². The van der Waals surface area contributed by atoms with Crippen molar-refractivity contribution in [3.63, 3.8) is 0 Å². The second kappa shape index (κ2) is 7.78. The number of pyridine rings is 1. The highest BCUT2D eigenvalue weighted by molar-refractivity contribution is 5.92. The molecular formula is C23H27N3O3. The molecular weight excluding hydrogens is 366 g/mol. The number of H-pyrrole nitrogens is 1. The topological polar surface area (TPSA) is 78.5 Å². The summed E-state index contributed by atoms with van der Waals surface area (Å²) in [5.74, 6) is 1.35. The van der Waals surface area contributed by atoms with Crippen molar-refractivity contribution in [1.82, 2.24) is 14.9 Å². The van der Waals surface area contributed by atoms with Crippen LogP contribution in [0.2, 0.25) is 0 Å². The molecule has 2 N–H and O–H groups in total. The highest BCUT2D eigenvalue weighted by Crippen LogP contribution is 2.38. The van der Waals surface area contributed by atoms with Gasteiger partial charge >= 0.3 is 6.09 Å². The molecule has 1 amide bonds. The van der Waals surface area contributed by atoms with E-state index in [0.29, 0.717) is 30.8 Å². The average molecular weight is 393 g/mol. The first-order valence-electron chi connectivity index (χ1n) is 10.1. The van der Waals surface area contributed by atoms with Gasteiger partial charge in [-0.1, -0.05) is 19.9 Å². The third-order valence-electron chi connectivity index (χ3n) is 5.91. The van der Waals surface area contributed by atoms with Crippen LogP contribution in [0.4, 0.5) is 4.79 Å². The smallest absolute Gasteiger partial charge is 0.407 e. The van der Waals surface area contributed by atoms with Crippen LogP contribution >= 0.6 is 0 Å². The maximum absolute atomic E-state index is 11.2. The minimum Gasteiger partial charge on any atom is -0.481 e. The largest absolute Gasteiger partial charge is 0.481 e. The summed E-state index contributed by atoms with van der Waals surface area (Å²) in [5, 5.41) is 10.4. The van der Waals surface area contributed by atoms with Crippen LogP contribution in [0.3, 0.4) is 0 Å². The molecule has 0 aliphatic carbocycles. The van der Waals surface area contributed by atoms with Crippen molar-refractivity contribution in [1.29, 1.82) is 0 Å². The van der Waals surface area contributed by atoms with Crippen molar-refractivity contribution in [3.8, 4) is 17.1 Å². The monoisotopic (exact) mass is 393 g/mol. The summed E-state index contributed by atoms with van der Waals surface area (Å²) in [4.78, 5) is 20.5. The van der Waals surface area contributed by atoms with Gasteiger partial charge in [0.05, 0.1) is 12.8 Å². The number of hydrogen-bond acceptors (Lipinski definition) is 3. The average Bonchev–Trinajstić information content (AvgIpc) is 3.13. The maximum Gasteiger partial charge on any atom is 0.407 e. The normalized spacial score (nSPS) is 15.2. The van der Waals surface area contributed by atoms with Gasteiger partial charge in [0.25, 0.3) is 0 Å². The Bertz CT molecular complexity index is 1030. The number of rotatable bonds is 4. The van der Waals surface area contributed by atoms with Gasteiger partial charge in [-0.3, -0.25) is 0 Å². The van der Waals surface area contributed by atoms with E-state index in [0.717, 1.165) is 29.6 Å². The van der Waals surface area contributed by atoms with Crippen molar-refractivity contribution < 1.29 is 14.6 Å². The highest BCUT2D eigenvalue weighted by Gasteiger charge is 2.24. The van der Waals surface area contributed by atoms with E-state index in [4.69, 9.17) is 4.74 Å². The molecule has 1 aliphatic rings. The van der Waals surface area contributed by atoms with Crippen molar-refractivity contribution in [2.45, 2.75) is 38.5 Å². The van der Waals surface area contributed by atoms with Crippen molar-refractivity contribution >= 4 is 17.0 Å². The summed E-state index contributed by atoms with van der Waals surface area (Å²) in [6, 6.07) is 10.6. The minimum absolute atomic E-state index is 0.349. The van der Waals surface area contributed by atoms with Gasteiger partial charge in [-0.05, 0) is 54.0 Å². The number of hydrogen-bond donors (Lipinski definition) is 2. The van der Waals surface area contributed by atoms with E-state index in [9.17, 15) is 9.90 Å². The van der Waals surface area contributed by atoms with Crippen LogP contribution in [0, 0.1) is 0 Å². The third kappa shape index (κ3) is 3.67. The van der Waals surface area contributed by atoms with Crippen molar-refractivity contribution in [3.05, 3.63) is 47.7 Å². The number of nitrogens with zero attached hydrogens (tertiary/aromatic N) is 2. The van der Waals surface area contributed by atoms with E-state index in [-0.39, 0.29) is 0 Å². The Kier molecular flexibility index (Phi) is 5.18. The standard InChI is InChI=1S/C23H27N3O3/c1-14(2)21-18-12-16(15-7-10-26(11-8-15)23(27)28)4-5-19(18)25-22(21)17-6-9-24-20(13-17)29-3/h4-6,9,12-15,25H,7-8,10-11H2,1-3H3,(H,27,28). The van der Waals surface area contributed by atoms with Crippen LogP contribution in [-0.2, 0) is 0 Å². The second-order valence-electron chi connectivity index (χ2n) is 8.00. The fourth-order valence-corrected chi connectivity index (χ4v) is 4.39. The van der Waals surface area contributed by atoms with Gasteiger partial charge in [0.2, 0.25) is 5.88 Å². The number of aromatic nitrogens is 2. The molecule has 1 aliphatic heterocycles. The van der Waals surface area contributed by atoms with Crippen molar-refractivity contribution in [2.24, 2.45) is 0 Å². The minimum atomic E-state index is -0.816. The molecule has 3 heterocycles. The molecule has 2 aromatic heterocycles. The van der Waals surface area contributed by atoms with E-state index in [1.54, 1.807) is 13.3 Å². The molecule has 6 nitrogen and oxygen atoms in total. The number of amides is 1. The first-order valence-corrected chi connectivity index (χ1v) is 10.1. The van der Waals surface area contributed by atoms with Gasteiger partial charge < -0.3 is 19.7 Å². The van der Waals surface area contributed by atoms with Crippen LogP contribution in [0.5, 0.6) is 5.88 Å². The highest BCUT2D eigenvalue weighted by atomic mass is 16.5. The molecule has 1 aromatic carbocycles. The van der Waals surface area contributed by atoms with E-state index < -0.39 is 6.09 Å². The Hall–Kier alpha value is -3.02. The first-order chi connectivity index (χ1) is 14.0. The molecule has 152 valence electrons. The molecule has 0 bridgehead atoms. The summed E-state index contributed by atoms with van der Waals surface area (Å²) in [6.45, 7) is 5.62. The molecule has 29 heavy (non-hydrogen) atoms. The molecule has 0 radical (unpaired) electrons. The number of methoxy groups -OCH3 is 1. The lowest BCUT2D eigenvalue weighted by atomic mass is 9.87. The Balaban J connectivity index is 1.73. The first kappa shape index (κ1) is 19.3. The Morgan fingerprint density at radius 3 is 2.66 bits per heavy atom. The summed E-state index contributed by atoms with van der Waals surface area (Å²) in [5.41, 5.74) is 5.87. The van der Waals surface area contributed by atoms with Crippen LogP contribution in [0.25, 0.3) is 22.2 Å². The third-order valence-corrected chi connectivity index (χ3v) is 5.91. The lowest BCUT2D eigenvalue weighted by Crippen LogP contribution is -2.36. The Morgan fingerprint density at radius 2 is 2.00 bits per heavy atom. The van der Waals surface area contributed by atoms with Gasteiger partial charge in [-0.2, -0.15) is 0 Å². The van der Waals surface area contributed by atoms with Gasteiger partial charge in [0, 0.05) is 41.8 Å². The summed E-state index contributed by atoms with van der Waals surface area (Å²) < 4.78 is 5.30. The van der Waals surface area contributed by atoms with Gasteiger partial charge in [-0.25, -0.2) is 9.78 Å². The molecule has 4 rings (SSSR count). The molecule has 1 saturated heterocycles. The summed E-state index contributed by atoms with van der Waals surface area (Å²) >= 11 is 0. The fourth-order valence-electron chi connectivity index (χ4n) is 4.39. The van der Waals surface area contributed by atoms with Crippen LogP contribution in [0.1, 0.15) is 49.7 Å². The second-order valence-corrected chi connectivity index (χ2v) is 8.00. The Morgan fingerprint density at radius 1 is 1.24 bits per heavy atom. The number of ether oxygens (including phenoxy) is 1. The molecule has 0 saturated carbocycles. The number of aromatic amines is 1. The number of fused-ring (bicyclic) bond motifs is 1.